The molecule has 4 N–H and O–H groups in total. The number of carbonyl (C=O) groups excluding carboxylic acids is 2. The van der Waals surface area contributed by atoms with Gasteiger partial charge in [0.25, 0.3) is 5.91 Å². The molecule has 226 valence electrons. The zero-order valence-electron chi connectivity index (χ0n) is 21.8. The van der Waals surface area contributed by atoms with Crippen molar-refractivity contribution in [2.45, 2.75) is 27.5 Å². The van der Waals surface area contributed by atoms with Crippen LogP contribution in [-0.2, 0) is 31.5 Å². The number of thioether (sulfide) groups is 2. The number of aryl methyl sites for hydroxylation is 1. The van der Waals surface area contributed by atoms with Crippen molar-refractivity contribution in [1.82, 2.24) is 35.1 Å². The average molecular weight is 687 g/mol. The van der Waals surface area contributed by atoms with Gasteiger partial charge in [0.15, 0.2) is 5.75 Å². The lowest BCUT2D eigenvalue weighted by Gasteiger charge is -2.49. The van der Waals surface area contributed by atoms with E-state index in [0.29, 0.717) is 10.7 Å². The summed E-state index contributed by atoms with van der Waals surface area (Å²) < 4.78 is 30.3. The Morgan fingerprint density at radius 3 is 2.60 bits per heavy atom. The number of carbonyl (C=O) groups is 3. The highest BCUT2D eigenvalue weighted by atomic mass is 35.5. The van der Waals surface area contributed by atoms with E-state index in [1.54, 1.807) is 25.2 Å². The number of sulfonamides is 1. The number of hydrogen-bond donors (Lipinski definition) is 4. The van der Waals surface area contributed by atoms with Gasteiger partial charge in [0.2, 0.25) is 21.1 Å². The topological polar surface area (TPSA) is 197 Å². The summed E-state index contributed by atoms with van der Waals surface area (Å²) in [6, 6.07) is 7.32. The van der Waals surface area contributed by atoms with E-state index in [2.05, 4.69) is 25.6 Å². The molecule has 1 saturated heterocycles. The van der Waals surface area contributed by atoms with Crippen LogP contribution >= 0.6 is 46.7 Å². The molecular formula is C24H21Cl2N7O7S3. The van der Waals surface area contributed by atoms with Crippen LogP contribution in [0.1, 0.15) is 11.6 Å². The number of phenolic OH excluding ortho intramolecular Hbond substituents is 1. The largest absolute Gasteiger partial charge is 0.505 e. The fraction of sp³-hybridized carbons (Fsp3) is 0.250. The van der Waals surface area contributed by atoms with Gasteiger partial charge < -0.3 is 15.5 Å². The number of β-lactam (4-membered cyclic amide) rings is 1. The molecule has 0 radical (unpaired) electrons. The molecule has 5 rings (SSSR count). The lowest BCUT2D eigenvalue weighted by molar-refractivity contribution is -0.150. The third-order valence-electron chi connectivity index (χ3n) is 6.46. The number of aromatic hydroxyl groups is 1. The van der Waals surface area contributed by atoms with Crippen LogP contribution in [0.25, 0.3) is 0 Å². The molecule has 0 spiro atoms. The SMILES string of the molecule is Cn1nnnc1SCC1=C(C(=O)O)N2C(=O)C(NC(=O)[C@@H](NS(=O)(=O)c3cc(Cl)cc(Cl)c3O)c3ccccc3)[C@@H]2SC1. The van der Waals surface area contributed by atoms with Gasteiger partial charge in [-0.2, -0.15) is 4.72 Å². The molecule has 1 fully saturated rings. The van der Waals surface area contributed by atoms with Crippen molar-refractivity contribution in [2.24, 2.45) is 7.05 Å². The molecule has 3 aromatic rings. The van der Waals surface area contributed by atoms with E-state index in [1.807, 2.05) is 0 Å². The third kappa shape index (κ3) is 6.18. The zero-order chi connectivity index (χ0) is 31.1. The maximum Gasteiger partial charge on any atom is 0.352 e. The van der Waals surface area contributed by atoms with Gasteiger partial charge in [-0.3, -0.25) is 14.5 Å². The van der Waals surface area contributed by atoms with E-state index >= 15 is 0 Å². The number of carboxylic acid groups (broad SMARTS) is 1. The van der Waals surface area contributed by atoms with Crippen LogP contribution < -0.4 is 10.0 Å². The van der Waals surface area contributed by atoms with Gasteiger partial charge in [-0.1, -0.05) is 65.3 Å². The molecule has 1 aromatic heterocycles. The van der Waals surface area contributed by atoms with E-state index in [0.717, 1.165) is 17.0 Å². The van der Waals surface area contributed by atoms with Crippen LogP contribution in [0.2, 0.25) is 10.0 Å². The third-order valence-corrected chi connectivity index (χ3v) is 10.8. The minimum Gasteiger partial charge on any atom is -0.505 e. The predicted octanol–water partition coefficient (Wildman–Crippen LogP) is 1.77. The summed E-state index contributed by atoms with van der Waals surface area (Å²) in [4.78, 5) is 39.4. The quantitative estimate of drug-likeness (QED) is 0.179. The Morgan fingerprint density at radius 1 is 1.23 bits per heavy atom. The molecule has 3 heterocycles. The number of benzene rings is 2. The Morgan fingerprint density at radius 2 is 1.95 bits per heavy atom. The second kappa shape index (κ2) is 12.3. The lowest BCUT2D eigenvalue weighted by atomic mass is 10.0. The number of aliphatic carboxylic acids is 1. The predicted molar refractivity (Wildman–Crippen MR) is 157 cm³/mol. The Balaban J connectivity index is 1.37. The van der Waals surface area contributed by atoms with Crippen LogP contribution in [-0.4, -0.2) is 84.4 Å². The van der Waals surface area contributed by atoms with E-state index in [9.17, 15) is 33.0 Å². The van der Waals surface area contributed by atoms with Crippen molar-refractivity contribution in [2.75, 3.05) is 11.5 Å². The van der Waals surface area contributed by atoms with Crippen molar-refractivity contribution < 1.29 is 33.0 Å². The van der Waals surface area contributed by atoms with Gasteiger partial charge in [0.1, 0.15) is 28.1 Å². The number of rotatable bonds is 10. The van der Waals surface area contributed by atoms with Gasteiger partial charge in [-0.15, -0.1) is 16.9 Å². The summed E-state index contributed by atoms with van der Waals surface area (Å²) >= 11 is 14.3. The Kier molecular flexibility index (Phi) is 8.92. The van der Waals surface area contributed by atoms with Gasteiger partial charge in [-0.25, -0.2) is 17.9 Å². The molecule has 3 atom stereocenters. The van der Waals surface area contributed by atoms with E-state index in [-0.39, 0.29) is 32.8 Å². The van der Waals surface area contributed by atoms with Crippen molar-refractivity contribution in [1.29, 1.82) is 0 Å². The molecule has 2 aliphatic rings. The normalized spacial score (nSPS) is 19.0. The molecule has 0 bridgehead atoms. The van der Waals surface area contributed by atoms with Crippen molar-refractivity contribution >= 4 is 74.5 Å². The monoisotopic (exact) mass is 685 g/mol. The number of nitrogens with one attached hydrogen (secondary N) is 2. The van der Waals surface area contributed by atoms with Gasteiger partial charge in [0.05, 0.1) is 5.02 Å². The first kappa shape index (κ1) is 31.1. The molecule has 2 aliphatic heterocycles. The molecule has 0 saturated carbocycles. The van der Waals surface area contributed by atoms with E-state index < -0.39 is 55.9 Å². The van der Waals surface area contributed by atoms with Crippen LogP contribution in [0.4, 0.5) is 0 Å². The number of phenols is 1. The maximum absolute atomic E-state index is 13.6. The fourth-order valence-electron chi connectivity index (χ4n) is 4.41. The van der Waals surface area contributed by atoms with Crippen molar-refractivity contribution in [3.05, 3.63) is 69.3 Å². The van der Waals surface area contributed by atoms with Gasteiger partial charge >= 0.3 is 5.97 Å². The Hall–Kier alpha value is -3.35. The number of tetrazole rings is 1. The van der Waals surface area contributed by atoms with Crippen molar-refractivity contribution in [3.63, 3.8) is 0 Å². The number of fused-ring (bicyclic) bond motifs is 1. The summed E-state index contributed by atoms with van der Waals surface area (Å²) in [6.45, 7) is 0. The minimum atomic E-state index is -4.58. The smallest absolute Gasteiger partial charge is 0.352 e. The molecule has 1 unspecified atom stereocenters. The first-order valence-corrected chi connectivity index (χ1v) is 16.5. The number of amides is 2. The van der Waals surface area contributed by atoms with Crippen LogP contribution in [0.3, 0.4) is 0 Å². The molecule has 19 heteroatoms. The van der Waals surface area contributed by atoms with Crippen LogP contribution in [0.5, 0.6) is 5.75 Å². The second-order valence-corrected chi connectivity index (χ2v) is 13.8. The Labute approximate surface area is 262 Å². The Bertz CT molecular complexity index is 1750. The molecule has 14 nitrogen and oxygen atoms in total. The molecule has 2 aromatic carbocycles. The van der Waals surface area contributed by atoms with Gasteiger partial charge in [-0.05, 0) is 33.7 Å². The van der Waals surface area contributed by atoms with Crippen LogP contribution in [0.15, 0.2) is 63.8 Å². The highest BCUT2D eigenvalue weighted by Gasteiger charge is 2.54. The summed E-state index contributed by atoms with van der Waals surface area (Å²) in [7, 11) is -2.94. The number of halogens is 2. The average Bonchev–Trinajstić information content (AvgIpc) is 3.39. The summed E-state index contributed by atoms with van der Waals surface area (Å²) in [5.74, 6) is -3.13. The van der Waals surface area contributed by atoms with Crippen LogP contribution in [0, 0.1) is 0 Å². The number of aromatic nitrogens is 4. The maximum atomic E-state index is 13.6. The van der Waals surface area contributed by atoms with Gasteiger partial charge in [0, 0.05) is 23.6 Å². The summed E-state index contributed by atoms with van der Waals surface area (Å²) in [5.41, 5.74) is 0.532. The highest BCUT2D eigenvalue weighted by Crippen LogP contribution is 2.42. The molecule has 2 amide bonds. The summed E-state index contributed by atoms with van der Waals surface area (Å²) in [6.07, 6.45) is 0. The molecule has 43 heavy (non-hydrogen) atoms. The second-order valence-electron chi connectivity index (χ2n) is 9.23. The first-order valence-electron chi connectivity index (χ1n) is 12.2. The number of nitrogens with zero attached hydrogens (tertiary/aromatic N) is 5. The molecule has 0 aliphatic carbocycles. The van der Waals surface area contributed by atoms with Crippen molar-refractivity contribution in [3.8, 4) is 5.75 Å². The zero-order valence-corrected chi connectivity index (χ0v) is 25.8. The number of hydrogen-bond acceptors (Lipinski definition) is 11. The fourth-order valence-corrected chi connectivity index (χ4v) is 8.69. The lowest BCUT2D eigenvalue weighted by Crippen LogP contribution is -2.71. The highest BCUT2D eigenvalue weighted by molar-refractivity contribution is 8.01. The van der Waals surface area contributed by atoms with E-state index in [1.165, 1.54) is 40.3 Å². The van der Waals surface area contributed by atoms with E-state index in [4.69, 9.17) is 23.2 Å². The number of carboxylic acids is 1. The minimum absolute atomic E-state index is 0.0633. The summed E-state index contributed by atoms with van der Waals surface area (Å²) in [5, 5.41) is 33.3. The standard InChI is InChI=1S/C24H21Cl2N7O7S3/c1-32-24(28-30-31-32)42-10-12-9-41-22-17(21(36)33(22)18(12)23(37)38)27-20(35)16(11-5-3-2-4-6-11)29-43(39,40)15-8-13(25)7-14(26)19(15)34/h2-8,16-17,22,29,34H,9-10H2,1H3,(H,27,35)(H,37,38)/t16-,17?,22-/m0/s1. The molecular weight excluding hydrogens is 665 g/mol. The first-order chi connectivity index (χ1) is 20.4.